The lowest BCUT2D eigenvalue weighted by Gasteiger charge is -2.07. The maximum atomic E-state index is 12.1. The van der Waals surface area contributed by atoms with Crippen LogP contribution in [0.3, 0.4) is 0 Å². The highest BCUT2D eigenvalue weighted by molar-refractivity contribution is 5.97. The highest BCUT2D eigenvalue weighted by atomic mass is 16.5. The number of rotatable bonds is 6. The molecule has 2 aromatic rings. The van der Waals surface area contributed by atoms with E-state index in [0.717, 1.165) is 0 Å². The number of hydrazone groups is 1. The Morgan fingerprint density at radius 1 is 1.00 bits per heavy atom. The van der Waals surface area contributed by atoms with Gasteiger partial charge in [-0.1, -0.05) is 12.1 Å². The second-order valence-electron chi connectivity index (χ2n) is 4.51. The number of benzene rings is 2. The lowest BCUT2D eigenvalue weighted by Crippen LogP contribution is -2.18. The van der Waals surface area contributed by atoms with Gasteiger partial charge < -0.3 is 14.2 Å². The monoisotopic (exact) mass is 314 g/mol. The third-order valence-corrected chi connectivity index (χ3v) is 3.16. The highest BCUT2D eigenvalue weighted by Gasteiger charge is 2.10. The van der Waals surface area contributed by atoms with E-state index in [2.05, 4.69) is 10.5 Å². The third-order valence-electron chi connectivity index (χ3n) is 3.16. The molecule has 6 heteroatoms. The summed E-state index contributed by atoms with van der Waals surface area (Å²) in [7, 11) is 4.65. The van der Waals surface area contributed by atoms with Crippen molar-refractivity contribution in [3.05, 3.63) is 53.6 Å². The van der Waals surface area contributed by atoms with Gasteiger partial charge in [-0.05, 0) is 30.3 Å². The number of carbonyl (C=O) groups is 1. The van der Waals surface area contributed by atoms with Crippen molar-refractivity contribution >= 4 is 12.1 Å². The number of methoxy groups -OCH3 is 3. The van der Waals surface area contributed by atoms with Gasteiger partial charge in [0.1, 0.15) is 17.2 Å². The highest BCUT2D eigenvalue weighted by Crippen LogP contribution is 2.22. The van der Waals surface area contributed by atoms with Crippen LogP contribution in [0.1, 0.15) is 15.9 Å². The van der Waals surface area contributed by atoms with Gasteiger partial charge in [-0.15, -0.1) is 0 Å². The minimum absolute atomic E-state index is 0.361. The molecule has 6 nitrogen and oxygen atoms in total. The fourth-order valence-electron chi connectivity index (χ4n) is 1.99. The van der Waals surface area contributed by atoms with E-state index in [1.54, 1.807) is 56.7 Å². The molecule has 0 aliphatic carbocycles. The van der Waals surface area contributed by atoms with Gasteiger partial charge in [0.2, 0.25) is 0 Å². The quantitative estimate of drug-likeness (QED) is 0.657. The molecule has 0 unspecified atom stereocenters. The Labute approximate surface area is 134 Å². The largest absolute Gasteiger partial charge is 0.497 e. The first-order valence-electron chi connectivity index (χ1n) is 6.88. The minimum Gasteiger partial charge on any atom is -0.497 e. The van der Waals surface area contributed by atoms with Gasteiger partial charge in [0, 0.05) is 5.56 Å². The van der Waals surface area contributed by atoms with Crippen molar-refractivity contribution in [1.29, 1.82) is 0 Å². The Hall–Kier alpha value is -3.02. The number of para-hydroxylation sites is 1. The summed E-state index contributed by atoms with van der Waals surface area (Å²) in [5, 5.41) is 3.96. The summed E-state index contributed by atoms with van der Waals surface area (Å²) in [6.07, 6.45) is 1.49. The molecule has 1 amide bonds. The van der Waals surface area contributed by atoms with Crippen LogP contribution in [-0.2, 0) is 0 Å². The van der Waals surface area contributed by atoms with Crippen molar-refractivity contribution in [3.63, 3.8) is 0 Å². The van der Waals surface area contributed by atoms with Crippen LogP contribution in [0.4, 0.5) is 0 Å². The first-order chi connectivity index (χ1) is 11.2. The van der Waals surface area contributed by atoms with Gasteiger partial charge in [0.25, 0.3) is 5.91 Å². The summed E-state index contributed by atoms with van der Waals surface area (Å²) in [5.41, 5.74) is 3.56. The molecule has 120 valence electrons. The van der Waals surface area contributed by atoms with Crippen molar-refractivity contribution in [2.24, 2.45) is 5.10 Å². The van der Waals surface area contributed by atoms with E-state index in [0.29, 0.717) is 28.4 Å². The third kappa shape index (κ3) is 4.00. The molecule has 1 N–H and O–H groups in total. The van der Waals surface area contributed by atoms with E-state index < -0.39 is 0 Å². The van der Waals surface area contributed by atoms with E-state index in [-0.39, 0.29) is 5.91 Å². The number of carbonyl (C=O) groups excluding carboxylic acids is 1. The lowest BCUT2D eigenvalue weighted by atomic mass is 10.2. The molecule has 0 fully saturated rings. The molecular weight excluding hydrogens is 296 g/mol. The number of amides is 1. The molecule has 0 aliphatic heterocycles. The molecule has 0 aliphatic rings. The molecule has 0 bridgehead atoms. The molecular formula is C17H18N2O4. The predicted molar refractivity (Wildman–Crippen MR) is 87.6 cm³/mol. The van der Waals surface area contributed by atoms with Crippen LogP contribution in [0.2, 0.25) is 0 Å². The molecule has 2 aromatic carbocycles. The van der Waals surface area contributed by atoms with Crippen LogP contribution >= 0.6 is 0 Å². The fourth-order valence-corrected chi connectivity index (χ4v) is 1.99. The van der Waals surface area contributed by atoms with Gasteiger partial charge in [-0.25, -0.2) is 5.43 Å². The van der Waals surface area contributed by atoms with E-state index in [4.69, 9.17) is 14.2 Å². The van der Waals surface area contributed by atoms with Crippen LogP contribution in [0.25, 0.3) is 0 Å². The van der Waals surface area contributed by atoms with Crippen LogP contribution < -0.4 is 19.6 Å². The number of hydrogen-bond donors (Lipinski definition) is 1. The Balaban J connectivity index is 2.14. The molecule has 0 spiro atoms. The lowest BCUT2D eigenvalue weighted by molar-refractivity contribution is 0.0952. The average molecular weight is 314 g/mol. The molecule has 0 saturated heterocycles. The zero-order valence-corrected chi connectivity index (χ0v) is 13.2. The SMILES string of the molecule is COc1ccc(OC)c(/C=N\NC(=O)c2ccccc2OC)c1. The first kappa shape index (κ1) is 16.4. The molecule has 2 rings (SSSR count). The van der Waals surface area contributed by atoms with Crippen molar-refractivity contribution in [1.82, 2.24) is 5.43 Å². The Morgan fingerprint density at radius 2 is 1.74 bits per heavy atom. The zero-order valence-electron chi connectivity index (χ0n) is 13.2. The topological polar surface area (TPSA) is 69.2 Å². The summed E-state index contributed by atoms with van der Waals surface area (Å²) in [4.78, 5) is 12.1. The van der Waals surface area contributed by atoms with E-state index >= 15 is 0 Å². The molecule has 0 heterocycles. The van der Waals surface area contributed by atoms with Crippen molar-refractivity contribution in [3.8, 4) is 17.2 Å². The van der Waals surface area contributed by atoms with Crippen LogP contribution in [0, 0.1) is 0 Å². The molecule has 0 radical (unpaired) electrons. The normalized spacial score (nSPS) is 10.4. The first-order valence-corrected chi connectivity index (χ1v) is 6.88. The second-order valence-corrected chi connectivity index (χ2v) is 4.51. The van der Waals surface area contributed by atoms with Crippen molar-refractivity contribution in [2.75, 3.05) is 21.3 Å². The van der Waals surface area contributed by atoms with E-state index in [1.165, 1.54) is 13.3 Å². The Kier molecular flexibility index (Phi) is 5.57. The molecule has 23 heavy (non-hydrogen) atoms. The molecule has 0 saturated carbocycles. The van der Waals surface area contributed by atoms with E-state index in [1.807, 2.05) is 0 Å². The van der Waals surface area contributed by atoms with Crippen molar-refractivity contribution < 1.29 is 19.0 Å². The van der Waals surface area contributed by atoms with E-state index in [9.17, 15) is 4.79 Å². The number of hydrogen-bond acceptors (Lipinski definition) is 5. The van der Waals surface area contributed by atoms with Crippen LogP contribution in [0.5, 0.6) is 17.2 Å². The van der Waals surface area contributed by atoms with Crippen molar-refractivity contribution in [2.45, 2.75) is 0 Å². The van der Waals surface area contributed by atoms with Gasteiger partial charge in [-0.3, -0.25) is 4.79 Å². The maximum Gasteiger partial charge on any atom is 0.275 e. The maximum absolute atomic E-state index is 12.1. The fraction of sp³-hybridized carbons (Fsp3) is 0.176. The summed E-state index contributed by atoms with van der Waals surface area (Å²) >= 11 is 0. The summed E-state index contributed by atoms with van der Waals surface area (Å²) in [6.45, 7) is 0. The smallest absolute Gasteiger partial charge is 0.275 e. The van der Waals surface area contributed by atoms with Gasteiger partial charge in [0.15, 0.2) is 0 Å². The Morgan fingerprint density at radius 3 is 2.43 bits per heavy atom. The zero-order chi connectivity index (χ0) is 16.7. The predicted octanol–water partition coefficient (Wildman–Crippen LogP) is 2.48. The summed E-state index contributed by atoms with van der Waals surface area (Å²) in [5.74, 6) is 1.42. The van der Waals surface area contributed by atoms with Gasteiger partial charge in [0.05, 0.1) is 33.1 Å². The standard InChI is InChI=1S/C17H18N2O4/c1-21-13-8-9-15(22-2)12(10-13)11-18-19-17(20)14-6-4-5-7-16(14)23-3/h4-11H,1-3H3,(H,19,20)/b18-11-. The van der Waals surface area contributed by atoms with Crippen LogP contribution in [0.15, 0.2) is 47.6 Å². The summed E-state index contributed by atoms with van der Waals surface area (Å²) in [6, 6.07) is 12.2. The number of nitrogens with one attached hydrogen (secondary N) is 1. The summed E-state index contributed by atoms with van der Waals surface area (Å²) < 4.78 is 15.6. The molecule has 0 aromatic heterocycles. The number of ether oxygens (including phenoxy) is 3. The molecule has 0 atom stereocenters. The second kappa shape index (κ2) is 7.84. The number of nitrogens with zero attached hydrogens (tertiary/aromatic N) is 1. The average Bonchev–Trinajstić information content (AvgIpc) is 2.61. The Bertz CT molecular complexity index is 713. The van der Waals surface area contributed by atoms with Gasteiger partial charge >= 0.3 is 0 Å². The minimum atomic E-state index is -0.361. The van der Waals surface area contributed by atoms with Gasteiger partial charge in [-0.2, -0.15) is 5.10 Å². The van der Waals surface area contributed by atoms with Crippen LogP contribution in [-0.4, -0.2) is 33.5 Å².